The van der Waals surface area contributed by atoms with Gasteiger partial charge < -0.3 is 9.47 Å². The van der Waals surface area contributed by atoms with Gasteiger partial charge in [-0.2, -0.15) is 5.10 Å². The number of methoxy groups -OCH3 is 1. The summed E-state index contributed by atoms with van der Waals surface area (Å²) in [5.74, 6) is 1.69. The van der Waals surface area contributed by atoms with Crippen LogP contribution in [0.5, 0.6) is 11.5 Å². The van der Waals surface area contributed by atoms with Gasteiger partial charge in [0.1, 0.15) is 6.61 Å². The Balaban J connectivity index is 1.41. The predicted octanol–water partition coefficient (Wildman–Crippen LogP) is 6.62. The van der Waals surface area contributed by atoms with Gasteiger partial charge in [0.25, 0.3) is 0 Å². The van der Waals surface area contributed by atoms with E-state index in [4.69, 9.17) is 32.7 Å². The van der Waals surface area contributed by atoms with Crippen LogP contribution in [-0.4, -0.2) is 19.2 Å². The minimum atomic E-state index is 0.0153. The third kappa shape index (κ3) is 4.78. The Morgan fingerprint density at radius 1 is 1.31 bits per heavy atom. The van der Waals surface area contributed by atoms with Crippen molar-refractivity contribution in [1.29, 1.82) is 0 Å². The van der Waals surface area contributed by atoms with Crippen molar-refractivity contribution in [1.82, 2.24) is 5.43 Å². The quantitative estimate of drug-likeness (QED) is 0.317. The SMILES string of the molecule is COc1cc(/C=N/NC(=O)[C@@H]2[C@@H]3CCCC[C@]23C)cc(Br)c1OCc1ccc(Cl)cc1Cl. The number of hydrogen-bond donors (Lipinski definition) is 1. The van der Waals surface area contributed by atoms with E-state index in [0.717, 1.165) is 24.0 Å². The smallest absolute Gasteiger partial charge is 0.244 e. The van der Waals surface area contributed by atoms with Crippen LogP contribution >= 0.6 is 39.1 Å². The molecule has 3 atom stereocenters. The van der Waals surface area contributed by atoms with Crippen LogP contribution in [0.15, 0.2) is 39.9 Å². The van der Waals surface area contributed by atoms with Gasteiger partial charge in [-0.15, -0.1) is 0 Å². The molecular formula is C24H25BrCl2N2O3. The number of benzene rings is 2. The van der Waals surface area contributed by atoms with Crippen molar-refractivity contribution in [2.45, 2.75) is 39.2 Å². The van der Waals surface area contributed by atoms with Crippen molar-refractivity contribution in [3.05, 3.63) is 56.0 Å². The normalized spacial score (nSPS) is 24.2. The van der Waals surface area contributed by atoms with Gasteiger partial charge in [-0.05, 0) is 69.9 Å². The van der Waals surface area contributed by atoms with Crippen molar-refractivity contribution < 1.29 is 14.3 Å². The summed E-state index contributed by atoms with van der Waals surface area (Å²) >= 11 is 15.7. The molecule has 2 aromatic carbocycles. The highest BCUT2D eigenvalue weighted by molar-refractivity contribution is 9.10. The highest BCUT2D eigenvalue weighted by Gasteiger charge is 2.64. The number of carbonyl (C=O) groups excluding carboxylic acids is 1. The lowest BCUT2D eigenvalue weighted by atomic mass is 9.90. The van der Waals surface area contributed by atoms with E-state index in [1.54, 1.807) is 31.5 Å². The lowest BCUT2D eigenvalue weighted by Crippen LogP contribution is -2.22. The fraction of sp³-hybridized carbons (Fsp3) is 0.417. The third-order valence-electron chi connectivity index (χ3n) is 6.64. The van der Waals surface area contributed by atoms with Crippen LogP contribution in [0.25, 0.3) is 0 Å². The molecule has 0 radical (unpaired) electrons. The van der Waals surface area contributed by atoms with Crippen molar-refractivity contribution in [2.75, 3.05) is 7.11 Å². The maximum atomic E-state index is 12.6. The second-order valence-corrected chi connectivity index (χ2v) is 10.3. The number of amides is 1. The number of hydrogen-bond acceptors (Lipinski definition) is 4. The first kappa shape index (κ1) is 23.4. The van der Waals surface area contributed by atoms with Crippen molar-refractivity contribution in [2.24, 2.45) is 22.4 Å². The summed E-state index contributed by atoms with van der Waals surface area (Å²) in [6.45, 7) is 2.48. The average Bonchev–Trinajstić information content (AvgIpc) is 3.39. The van der Waals surface area contributed by atoms with E-state index < -0.39 is 0 Å². The Kier molecular flexibility index (Phi) is 7.03. The van der Waals surface area contributed by atoms with Gasteiger partial charge in [-0.25, -0.2) is 5.43 Å². The maximum absolute atomic E-state index is 12.6. The van der Waals surface area contributed by atoms with E-state index in [1.807, 2.05) is 12.1 Å². The molecule has 0 spiro atoms. The second-order valence-electron chi connectivity index (χ2n) is 8.63. The number of nitrogens with one attached hydrogen (secondary N) is 1. The minimum absolute atomic E-state index is 0.0153. The maximum Gasteiger partial charge on any atom is 0.244 e. The largest absolute Gasteiger partial charge is 0.493 e. The van der Waals surface area contributed by atoms with Crippen molar-refractivity contribution >= 4 is 51.3 Å². The van der Waals surface area contributed by atoms with Crippen LogP contribution in [0.1, 0.15) is 43.7 Å². The van der Waals surface area contributed by atoms with Gasteiger partial charge in [0, 0.05) is 21.5 Å². The molecule has 2 aliphatic rings. The molecule has 8 heteroatoms. The number of hydrazone groups is 1. The molecule has 0 saturated heterocycles. The summed E-state index contributed by atoms with van der Waals surface area (Å²) < 4.78 is 12.2. The zero-order valence-electron chi connectivity index (χ0n) is 18.0. The van der Waals surface area contributed by atoms with Crippen molar-refractivity contribution in [3.63, 3.8) is 0 Å². The molecule has 0 aromatic heterocycles. The molecule has 0 unspecified atom stereocenters. The second kappa shape index (κ2) is 9.62. The van der Waals surface area contributed by atoms with Crippen LogP contribution in [-0.2, 0) is 11.4 Å². The Morgan fingerprint density at radius 3 is 2.81 bits per heavy atom. The molecule has 170 valence electrons. The zero-order valence-corrected chi connectivity index (χ0v) is 21.1. The van der Waals surface area contributed by atoms with Gasteiger partial charge in [0.2, 0.25) is 5.91 Å². The Labute approximate surface area is 206 Å². The van der Waals surface area contributed by atoms with E-state index in [9.17, 15) is 4.79 Å². The lowest BCUT2D eigenvalue weighted by Gasteiger charge is -2.15. The Morgan fingerprint density at radius 2 is 2.12 bits per heavy atom. The van der Waals surface area contributed by atoms with E-state index in [-0.39, 0.29) is 23.8 Å². The minimum Gasteiger partial charge on any atom is -0.493 e. The molecule has 5 nitrogen and oxygen atoms in total. The molecule has 2 saturated carbocycles. The van der Waals surface area contributed by atoms with Crippen molar-refractivity contribution in [3.8, 4) is 11.5 Å². The van der Waals surface area contributed by atoms with E-state index in [0.29, 0.717) is 31.9 Å². The van der Waals surface area contributed by atoms with E-state index >= 15 is 0 Å². The topological polar surface area (TPSA) is 59.9 Å². The van der Waals surface area contributed by atoms with Gasteiger partial charge in [0.15, 0.2) is 11.5 Å². The number of nitrogens with zero attached hydrogens (tertiary/aromatic N) is 1. The summed E-state index contributed by atoms with van der Waals surface area (Å²) in [5, 5.41) is 5.29. The van der Waals surface area contributed by atoms with Crippen LogP contribution in [0.2, 0.25) is 10.0 Å². The fourth-order valence-electron chi connectivity index (χ4n) is 4.83. The fourth-order valence-corrected chi connectivity index (χ4v) is 5.87. The molecule has 1 amide bonds. The van der Waals surface area contributed by atoms with Crippen LogP contribution in [0.3, 0.4) is 0 Å². The molecule has 4 rings (SSSR count). The van der Waals surface area contributed by atoms with Crippen LogP contribution in [0.4, 0.5) is 0 Å². The molecule has 2 aromatic rings. The summed E-state index contributed by atoms with van der Waals surface area (Å²) in [7, 11) is 1.57. The first-order valence-corrected chi connectivity index (χ1v) is 12.2. The van der Waals surface area contributed by atoms with E-state index in [2.05, 4.69) is 33.4 Å². The van der Waals surface area contributed by atoms with Gasteiger partial charge in [-0.1, -0.05) is 49.0 Å². The first-order chi connectivity index (χ1) is 15.3. The molecule has 2 fully saturated rings. The summed E-state index contributed by atoms with van der Waals surface area (Å²) in [5.41, 5.74) is 4.47. The molecule has 0 aliphatic heterocycles. The molecule has 2 aliphatic carbocycles. The van der Waals surface area contributed by atoms with Gasteiger partial charge in [0.05, 0.1) is 17.8 Å². The molecular weight excluding hydrogens is 515 g/mol. The molecule has 32 heavy (non-hydrogen) atoms. The molecule has 1 N–H and O–H groups in total. The summed E-state index contributed by atoms with van der Waals surface area (Å²) in [6.07, 6.45) is 6.32. The third-order valence-corrected chi connectivity index (χ3v) is 7.82. The number of ether oxygens (including phenoxy) is 2. The summed E-state index contributed by atoms with van der Waals surface area (Å²) in [6, 6.07) is 8.93. The summed E-state index contributed by atoms with van der Waals surface area (Å²) in [4.78, 5) is 12.6. The first-order valence-electron chi connectivity index (χ1n) is 10.6. The number of halogens is 3. The Bertz CT molecular complexity index is 1060. The predicted molar refractivity (Wildman–Crippen MR) is 131 cm³/mol. The molecule has 0 heterocycles. The van der Waals surface area contributed by atoms with Gasteiger partial charge >= 0.3 is 0 Å². The van der Waals surface area contributed by atoms with Crippen LogP contribution in [0, 0.1) is 17.3 Å². The number of rotatable bonds is 7. The monoisotopic (exact) mass is 538 g/mol. The van der Waals surface area contributed by atoms with Crippen LogP contribution < -0.4 is 14.9 Å². The Hall–Kier alpha value is -1.76. The highest BCUT2D eigenvalue weighted by Crippen LogP contribution is 2.66. The van der Waals surface area contributed by atoms with E-state index in [1.165, 1.54) is 12.8 Å². The molecule has 0 bridgehead atoms. The lowest BCUT2D eigenvalue weighted by molar-refractivity contribution is -0.123. The number of fused-ring (bicyclic) bond motifs is 1. The number of carbonyl (C=O) groups is 1. The zero-order chi connectivity index (χ0) is 22.9. The van der Waals surface area contributed by atoms with Gasteiger partial charge in [-0.3, -0.25) is 4.79 Å². The standard InChI is InChI=1S/C24H25BrCl2N2O3/c1-24-8-4-3-5-17(24)21(24)23(30)29-28-12-14-9-18(25)22(20(10-14)31-2)32-13-15-6-7-16(26)11-19(15)27/h6-7,9-12,17,21H,3-5,8,13H2,1-2H3,(H,29,30)/b28-12+/t17-,21-,24-/m0/s1. The average molecular weight is 540 g/mol. The highest BCUT2D eigenvalue weighted by atomic mass is 79.9.